The van der Waals surface area contributed by atoms with Crippen LogP contribution in [0, 0.1) is 5.82 Å². The summed E-state index contributed by atoms with van der Waals surface area (Å²) in [5.74, 6) is -5.70. The molecule has 1 aromatic rings. The third-order valence-electron chi connectivity index (χ3n) is 5.24. The van der Waals surface area contributed by atoms with Crippen molar-refractivity contribution in [1.82, 2.24) is 9.80 Å². The lowest BCUT2D eigenvalue weighted by atomic mass is 10.0. The number of ether oxygens (including phenoxy) is 2. The summed E-state index contributed by atoms with van der Waals surface area (Å²) in [7, 11) is 4.11. The highest BCUT2D eigenvalue weighted by Gasteiger charge is 2.44. The highest BCUT2D eigenvalue weighted by atomic mass is 19.4. The van der Waals surface area contributed by atoms with Gasteiger partial charge in [-0.15, -0.1) is 0 Å². The molecule has 3 rings (SSSR count). The van der Waals surface area contributed by atoms with Gasteiger partial charge in [0, 0.05) is 32.3 Å². The first-order chi connectivity index (χ1) is 17.0. The fourth-order valence-corrected chi connectivity index (χ4v) is 3.54. The van der Waals surface area contributed by atoms with Crippen LogP contribution in [0.5, 0.6) is 0 Å². The molecule has 8 nitrogen and oxygen atoms in total. The lowest BCUT2D eigenvalue weighted by Gasteiger charge is -2.32. The van der Waals surface area contributed by atoms with Gasteiger partial charge in [0.25, 0.3) is 0 Å². The molecule has 15 heteroatoms. The zero-order valence-corrected chi connectivity index (χ0v) is 20.1. The number of halogens is 7. The third kappa shape index (κ3) is 12.1. The van der Waals surface area contributed by atoms with Crippen LogP contribution >= 0.6 is 0 Å². The van der Waals surface area contributed by atoms with Gasteiger partial charge in [-0.1, -0.05) is 12.1 Å². The van der Waals surface area contributed by atoms with Crippen molar-refractivity contribution in [2.75, 3.05) is 40.4 Å². The number of nitrogens with zero attached hydrogens (tertiary/aromatic N) is 2. The predicted molar refractivity (Wildman–Crippen MR) is 115 cm³/mol. The maximum absolute atomic E-state index is 13.1. The highest BCUT2D eigenvalue weighted by molar-refractivity contribution is 5.73. The van der Waals surface area contributed by atoms with Gasteiger partial charge in [-0.05, 0) is 44.6 Å². The maximum Gasteiger partial charge on any atom is 0.490 e. The Morgan fingerprint density at radius 1 is 1.05 bits per heavy atom. The van der Waals surface area contributed by atoms with Crippen LogP contribution in [0.15, 0.2) is 24.3 Å². The molecule has 2 saturated heterocycles. The number of carboxylic acid groups (broad SMARTS) is 2. The van der Waals surface area contributed by atoms with Gasteiger partial charge < -0.3 is 24.6 Å². The molecule has 3 atom stereocenters. The maximum atomic E-state index is 13.1. The number of carboxylic acids is 2. The number of rotatable bonds is 6. The molecule has 2 fully saturated rings. The Balaban J connectivity index is 0.000000404. The fourth-order valence-electron chi connectivity index (χ4n) is 3.54. The van der Waals surface area contributed by atoms with Gasteiger partial charge in [-0.25, -0.2) is 14.0 Å². The molecular weight excluding hydrogens is 521 g/mol. The monoisotopic (exact) mass is 550 g/mol. The van der Waals surface area contributed by atoms with E-state index in [1.54, 1.807) is 0 Å². The van der Waals surface area contributed by atoms with Gasteiger partial charge in [0.15, 0.2) is 0 Å². The van der Waals surface area contributed by atoms with Crippen molar-refractivity contribution >= 4 is 11.9 Å². The number of benzene rings is 1. The Morgan fingerprint density at radius 2 is 1.57 bits per heavy atom. The van der Waals surface area contributed by atoms with E-state index < -0.39 is 24.3 Å². The van der Waals surface area contributed by atoms with Gasteiger partial charge in [0.05, 0.1) is 12.7 Å². The average molecular weight is 550 g/mol. The van der Waals surface area contributed by atoms with Crippen molar-refractivity contribution in [2.24, 2.45) is 0 Å². The molecular formula is C22H29F7N2O6. The smallest absolute Gasteiger partial charge is 0.475 e. The second-order valence-electron chi connectivity index (χ2n) is 8.42. The van der Waals surface area contributed by atoms with E-state index in [1.807, 2.05) is 12.1 Å². The van der Waals surface area contributed by atoms with Gasteiger partial charge in [0.2, 0.25) is 0 Å². The van der Waals surface area contributed by atoms with Crippen molar-refractivity contribution in [2.45, 2.75) is 50.0 Å². The fraction of sp³-hybridized carbons (Fsp3) is 0.636. The first kappa shape index (κ1) is 32.5. The molecule has 2 heterocycles. The van der Waals surface area contributed by atoms with Gasteiger partial charge in [0.1, 0.15) is 11.9 Å². The van der Waals surface area contributed by atoms with E-state index in [9.17, 15) is 30.7 Å². The van der Waals surface area contributed by atoms with Crippen LogP contribution in [0.4, 0.5) is 30.7 Å². The molecule has 37 heavy (non-hydrogen) atoms. The molecule has 0 unspecified atom stereocenters. The van der Waals surface area contributed by atoms with Crippen LogP contribution < -0.4 is 0 Å². The van der Waals surface area contributed by atoms with Crippen molar-refractivity contribution in [3.8, 4) is 0 Å². The third-order valence-corrected chi connectivity index (χ3v) is 5.24. The molecule has 212 valence electrons. The number of likely N-dealkylation sites (N-methyl/N-ethyl adjacent to an activating group) is 1. The van der Waals surface area contributed by atoms with Gasteiger partial charge in [-0.2, -0.15) is 26.3 Å². The first-order valence-electron chi connectivity index (χ1n) is 11.0. The van der Waals surface area contributed by atoms with Crippen molar-refractivity contribution < 1.29 is 60.0 Å². The van der Waals surface area contributed by atoms with E-state index in [2.05, 4.69) is 23.9 Å². The van der Waals surface area contributed by atoms with Crippen molar-refractivity contribution in [3.05, 3.63) is 35.6 Å². The zero-order valence-electron chi connectivity index (χ0n) is 20.1. The second kappa shape index (κ2) is 14.4. The molecule has 1 aromatic carbocycles. The highest BCUT2D eigenvalue weighted by Crippen LogP contribution is 2.31. The number of likely N-dealkylation sites (tertiary alicyclic amines) is 1. The zero-order chi connectivity index (χ0) is 28.4. The Hall–Kier alpha value is -2.49. The predicted octanol–water partition coefficient (Wildman–Crippen LogP) is 3.40. The van der Waals surface area contributed by atoms with E-state index >= 15 is 0 Å². The quantitative estimate of drug-likeness (QED) is 0.521. The van der Waals surface area contributed by atoms with E-state index in [4.69, 9.17) is 29.3 Å². The normalized spacial score (nSPS) is 21.8. The van der Waals surface area contributed by atoms with Crippen LogP contribution in [-0.2, 0) is 25.6 Å². The summed E-state index contributed by atoms with van der Waals surface area (Å²) < 4.78 is 88.7. The molecule has 0 amide bonds. The molecule has 0 bridgehead atoms. The number of alkyl halides is 6. The molecule has 2 aliphatic heterocycles. The van der Waals surface area contributed by atoms with Crippen LogP contribution in [-0.4, -0.2) is 103 Å². The lowest BCUT2D eigenvalue weighted by molar-refractivity contribution is -0.193. The van der Waals surface area contributed by atoms with Crippen LogP contribution in [0.3, 0.4) is 0 Å². The number of hydrogen-bond acceptors (Lipinski definition) is 6. The number of fused-ring (bicyclic) bond motifs is 1. The summed E-state index contributed by atoms with van der Waals surface area (Å²) in [5, 5.41) is 14.2. The summed E-state index contributed by atoms with van der Waals surface area (Å²) >= 11 is 0. The largest absolute Gasteiger partial charge is 0.490 e. The average Bonchev–Trinajstić information content (AvgIpc) is 3.12. The van der Waals surface area contributed by atoms with Gasteiger partial charge in [-0.3, -0.25) is 4.90 Å². The Bertz CT molecular complexity index is 825. The minimum absolute atomic E-state index is 0.140. The van der Waals surface area contributed by atoms with Crippen LogP contribution in [0.1, 0.15) is 18.4 Å². The Labute approximate surface area is 208 Å². The Morgan fingerprint density at radius 3 is 2.03 bits per heavy atom. The van der Waals surface area contributed by atoms with E-state index in [0.717, 1.165) is 51.3 Å². The molecule has 2 aliphatic rings. The van der Waals surface area contributed by atoms with Crippen LogP contribution in [0.2, 0.25) is 0 Å². The SMILES string of the molecule is CN(C)CCO[C@H]1CN(Cc2ccc(F)cc2)[C@@H]2CCCO[C@H]12.O=C(O)C(F)(F)F.O=C(O)C(F)(F)F. The number of hydrogen-bond donors (Lipinski definition) is 2. The van der Waals surface area contributed by atoms with E-state index in [-0.39, 0.29) is 18.0 Å². The molecule has 2 N–H and O–H groups in total. The summed E-state index contributed by atoms with van der Waals surface area (Å²) in [4.78, 5) is 22.4. The molecule has 0 spiro atoms. The van der Waals surface area contributed by atoms with E-state index in [1.165, 1.54) is 12.1 Å². The minimum Gasteiger partial charge on any atom is -0.475 e. The minimum atomic E-state index is -5.08. The topological polar surface area (TPSA) is 99.5 Å². The Kier molecular flexibility index (Phi) is 12.7. The summed E-state index contributed by atoms with van der Waals surface area (Å²) in [6.45, 7) is 4.21. The van der Waals surface area contributed by atoms with Crippen LogP contribution in [0.25, 0.3) is 0 Å². The summed E-state index contributed by atoms with van der Waals surface area (Å²) in [6.07, 6.45) is -7.60. The molecule has 0 aromatic heterocycles. The molecule has 0 aliphatic carbocycles. The van der Waals surface area contributed by atoms with Gasteiger partial charge >= 0.3 is 24.3 Å². The molecule has 0 saturated carbocycles. The van der Waals surface area contributed by atoms with E-state index in [0.29, 0.717) is 6.04 Å². The second-order valence-corrected chi connectivity index (χ2v) is 8.42. The van der Waals surface area contributed by atoms with Crippen molar-refractivity contribution in [1.29, 1.82) is 0 Å². The first-order valence-corrected chi connectivity index (χ1v) is 11.0. The number of carbonyl (C=O) groups is 2. The summed E-state index contributed by atoms with van der Waals surface area (Å²) in [6, 6.07) is 7.22. The summed E-state index contributed by atoms with van der Waals surface area (Å²) in [5.41, 5.74) is 1.14. The van der Waals surface area contributed by atoms with Crippen molar-refractivity contribution in [3.63, 3.8) is 0 Å². The lowest BCUT2D eigenvalue weighted by Crippen LogP contribution is -2.42. The standard InChI is InChI=1S/C18H27FN2O2.2C2HF3O2/c1-20(2)9-11-22-17-13-21(16-4-3-10-23-18(16)17)12-14-5-7-15(19)8-6-14;2*3-2(4,5)1(6)7/h5-8,16-18H,3-4,9-13H2,1-2H3;2*(H,6,7)/t16-,17+,18+;;/m1../s1. The number of aliphatic carboxylic acids is 2. The molecule has 0 radical (unpaired) electrons.